The van der Waals surface area contributed by atoms with Crippen molar-refractivity contribution in [2.45, 2.75) is 46.3 Å². The van der Waals surface area contributed by atoms with Crippen LogP contribution in [-0.2, 0) is 11.3 Å². The van der Waals surface area contributed by atoms with Crippen molar-refractivity contribution >= 4 is 11.6 Å². The van der Waals surface area contributed by atoms with Crippen LogP contribution in [0.3, 0.4) is 0 Å². The molecule has 0 aliphatic rings. The van der Waals surface area contributed by atoms with E-state index in [1.807, 2.05) is 33.8 Å². The van der Waals surface area contributed by atoms with Gasteiger partial charge in [0.05, 0.1) is 12.2 Å². The van der Waals surface area contributed by atoms with E-state index < -0.39 is 5.91 Å². The molecule has 1 rings (SSSR count). The van der Waals surface area contributed by atoms with Crippen molar-refractivity contribution in [3.8, 4) is 0 Å². The molecule has 1 aromatic rings. The minimum absolute atomic E-state index is 0.00722. The van der Waals surface area contributed by atoms with Crippen LogP contribution >= 0.6 is 0 Å². The average molecular weight is 281 g/mol. The molecule has 0 unspecified atom stereocenters. The summed E-state index contributed by atoms with van der Waals surface area (Å²) in [6, 6.07) is 5.24. The number of halogens is 1. The van der Waals surface area contributed by atoms with Crippen LogP contribution in [0.2, 0.25) is 0 Å². The molecule has 1 amide bonds. The Bertz CT molecular complexity index is 460. The van der Waals surface area contributed by atoms with Gasteiger partial charge in [-0.3, -0.25) is 4.79 Å². The van der Waals surface area contributed by atoms with Gasteiger partial charge in [0, 0.05) is 18.6 Å². The number of carbonyl (C=O) groups excluding carboxylic acids is 1. The van der Waals surface area contributed by atoms with E-state index in [-0.39, 0.29) is 18.4 Å². The number of nitrogens with one attached hydrogen (secondary N) is 1. The largest absolute Gasteiger partial charge is 0.368 e. The second-order valence-electron chi connectivity index (χ2n) is 5.47. The molecule has 0 radical (unpaired) electrons. The number of rotatable bonds is 7. The SMILES string of the molecule is CC(C)NCc1cccc(F)c1N(CC(N)=O)C(C)C. The molecule has 0 fully saturated rings. The van der Waals surface area contributed by atoms with E-state index >= 15 is 0 Å². The fraction of sp³-hybridized carbons (Fsp3) is 0.533. The molecule has 0 aromatic heterocycles. The highest BCUT2D eigenvalue weighted by atomic mass is 19.1. The molecule has 0 aliphatic carbocycles. The third-order valence-electron chi connectivity index (χ3n) is 3.01. The van der Waals surface area contributed by atoms with Gasteiger partial charge in [0.25, 0.3) is 0 Å². The summed E-state index contributed by atoms with van der Waals surface area (Å²) in [7, 11) is 0. The van der Waals surface area contributed by atoms with Gasteiger partial charge in [0.15, 0.2) is 0 Å². The molecule has 0 atom stereocenters. The van der Waals surface area contributed by atoms with Gasteiger partial charge in [-0.1, -0.05) is 26.0 Å². The molecule has 0 aliphatic heterocycles. The van der Waals surface area contributed by atoms with Gasteiger partial charge < -0.3 is 16.0 Å². The summed E-state index contributed by atoms with van der Waals surface area (Å²) in [6.45, 7) is 8.44. The normalized spacial score (nSPS) is 11.2. The van der Waals surface area contributed by atoms with E-state index in [0.29, 0.717) is 18.3 Å². The van der Waals surface area contributed by atoms with Gasteiger partial charge in [-0.05, 0) is 25.5 Å². The molecular formula is C15H24FN3O. The quantitative estimate of drug-likeness (QED) is 0.804. The molecule has 4 nitrogen and oxygen atoms in total. The maximum absolute atomic E-state index is 14.2. The minimum atomic E-state index is -0.468. The van der Waals surface area contributed by atoms with Crippen molar-refractivity contribution in [3.63, 3.8) is 0 Å². The molecule has 0 saturated heterocycles. The van der Waals surface area contributed by atoms with Crippen LogP contribution in [0.4, 0.5) is 10.1 Å². The first-order valence-electron chi connectivity index (χ1n) is 6.88. The Kier molecular flexibility index (Phi) is 5.95. The number of nitrogens with two attached hydrogens (primary N) is 1. The molecule has 3 N–H and O–H groups in total. The highest BCUT2D eigenvalue weighted by Gasteiger charge is 2.20. The molecule has 20 heavy (non-hydrogen) atoms. The first kappa shape index (κ1) is 16.4. The number of nitrogens with zero attached hydrogens (tertiary/aromatic N) is 1. The lowest BCUT2D eigenvalue weighted by atomic mass is 10.1. The molecular weight excluding hydrogens is 257 g/mol. The van der Waals surface area contributed by atoms with Crippen LogP contribution in [0.25, 0.3) is 0 Å². The molecule has 5 heteroatoms. The fourth-order valence-electron chi connectivity index (χ4n) is 2.03. The number of anilines is 1. The average Bonchev–Trinajstić information content (AvgIpc) is 2.33. The number of carbonyl (C=O) groups is 1. The van der Waals surface area contributed by atoms with Gasteiger partial charge in [-0.15, -0.1) is 0 Å². The highest BCUT2D eigenvalue weighted by molar-refractivity contribution is 5.80. The van der Waals surface area contributed by atoms with Gasteiger partial charge in [-0.2, -0.15) is 0 Å². The summed E-state index contributed by atoms with van der Waals surface area (Å²) in [5.74, 6) is -0.798. The van der Waals surface area contributed by atoms with Crippen molar-refractivity contribution in [2.75, 3.05) is 11.4 Å². The van der Waals surface area contributed by atoms with Crippen molar-refractivity contribution in [2.24, 2.45) is 5.73 Å². The Morgan fingerprint density at radius 3 is 2.50 bits per heavy atom. The van der Waals surface area contributed by atoms with Gasteiger partial charge in [-0.25, -0.2) is 4.39 Å². The van der Waals surface area contributed by atoms with E-state index in [2.05, 4.69) is 5.32 Å². The van der Waals surface area contributed by atoms with Crippen LogP contribution in [0, 0.1) is 5.82 Å². The Labute approximate surface area is 120 Å². The first-order chi connectivity index (χ1) is 9.32. The Balaban J connectivity index is 3.14. The lowest BCUT2D eigenvalue weighted by Gasteiger charge is -2.30. The molecule has 0 bridgehead atoms. The van der Waals surface area contributed by atoms with Gasteiger partial charge in [0.1, 0.15) is 5.82 Å². The molecule has 0 spiro atoms. The Morgan fingerprint density at radius 2 is 2.00 bits per heavy atom. The zero-order chi connectivity index (χ0) is 15.3. The molecule has 112 valence electrons. The summed E-state index contributed by atoms with van der Waals surface area (Å²) in [5, 5.41) is 3.27. The summed E-state index contributed by atoms with van der Waals surface area (Å²) in [6.07, 6.45) is 0. The number of benzene rings is 1. The number of hydrogen-bond acceptors (Lipinski definition) is 3. The van der Waals surface area contributed by atoms with Crippen LogP contribution in [0.5, 0.6) is 0 Å². The standard InChI is InChI=1S/C15H24FN3O/c1-10(2)18-8-12-6-5-7-13(16)15(12)19(11(3)4)9-14(17)20/h5-7,10-11,18H,8-9H2,1-4H3,(H2,17,20). The van der Waals surface area contributed by atoms with Crippen LogP contribution < -0.4 is 16.0 Å². The topological polar surface area (TPSA) is 58.4 Å². The summed E-state index contributed by atoms with van der Waals surface area (Å²) < 4.78 is 14.2. The summed E-state index contributed by atoms with van der Waals surface area (Å²) in [4.78, 5) is 12.9. The fourth-order valence-corrected chi connectivity index (χ4v) is 2.03. The van der Waals surface area contributed by atoms with Crippen LogP contribution in [-0.4, -0.2) is 24.5 Å². The van der Waals surface area contributed by atoms with E-state index in [9.17, 15) is 9.18 Å². The van der Waals surface area contributed by atoms with E-state index in [4.69, 9.17) is 5.73 Å². The maximum Gasteiger partial charge on any atom is 0.236 e. The number of amides is 1. The van der Waals surface area contributed by atoms with Crippen molar-refractivity contribution < 1.29 is 9.18 Å². The zero-order valence-electron chi connectivity index (χ0n) is 12.6. The lowest BCUT2D eigenvalue weighted by Crippen LogP contribution is -2.40. The summed E-state index contributed by atoms with van der Waals surface area (Å²) >= 11 is 0. The van der Waals surface area contributed by atoms with E-state index in [1.165, 1.54) is 6.07 Å². The van der Waals surface area contributed by atoms with Crippen molar-refractivity contribution in [3.05, 3.63) is 29.6 Å². The smallest absolute Gasteiger partial charge is 0.236 e. The third kappa shape index (κ3) is 4.49. The molecule has 1 aromatic carbocycles. The molecule has 0 saturated carbocycles. The monoisotopic (exact) mass is 281 g/mol. The first-order valence-corrected chi connectivity index (χ1v) is 6.88. The Hall–Kier alpha value is -1.62. The highest BCUT2D eigenvalue weighted by Crippen LogP contribution is 2.26. The van der Waals surface area contributed by atoms with E-state index in [0.717, 1.165) is 5.56 Å². The van der Waals surface area contributed by atoms with Crippen molar-refractivity contribution in [1.29, 1.82) is 0 Å². The second-order valence-corrected chi connectivity index (χ2v) is 5.47. The zero-order valence-corrected chi connectivity index (χ0v) is 12.6. The molecule has 0 heterocycles. The number of hydrogen-bond donors (Lipinski definition) is 2. The third-order valence-corrected chi connectivity index (χ3v) is 3.01. The van der Waals surface area contributed by atoms with E-state index in [1.54, 1.807) is 11.0 Å². The van der Waals surface area contributed by atoms with Crippen molar-refractivity contribution in [1.82, 2.24) is 5.32 Å². The van der Waals surface area contributed by atoms with Crippen LogP contribution in [0.1, 0.15) is 33.3 Å². The van der Waals surface area contributed by atoms with Crippen LogP contribution in [0.15, 0.2) is 18.2 Å². The minimum Gasteiger partial charge on any atom is -0.368 e. The maximum atomic E-state index is 14.2. The predicted octanol–water partition coefficient (Wildman–Crippen LogP) is 2.02. The second kappa shape index (κ2) is 7.24. The number of para-hydroxylation sites is 1. The van der Waals surface area contributed by atoms with Gasteiger partial charge >= 0.3 is 0 Å². The van der Waals surface area contributed by atoms with Gasteiger partial charge in [0.2, 0.25) is 5.91 Å². The Morgan fingerprint density at radius 1 is 1.35 bits per heavy atom. The number of primary amides is 1. The lowest BCUT2D eigenvalue weighted by molar-refractivity contribution is -0.116. The predicted molar refractivity (Wildman–Crippen MR) is 80.1 cm³/mol. The summed E-state index contributed by atoms with van der Waals surface area (Å²) in [5.41, 5.74) is 6.55.